The number of aryl methyl sites for hydroxylation is 1. The number of anilines is 2. The molecule has 0 unspecified atom stereocenters. The van der Waals surface area contributed by atoms with Gasteiger partial charge < -0.3 is 15.1 Å². The Morgan fingerprint density at radius 1 is 0.833 bits per heavy atom. The van der Waals surface area contributed by atoms with Gasteiger partial charge in [0.05, 0.1) is 5.75 Å². The molecule has 1 heterocycles. The molecule has 5 nitrogen and oxygen atoms in total. The second-order valence-corrected chi connectivity index (χ2v) is 11.4. The summed E-state index contributed by atoms with van der Waals surface area (Å²) in [4.78, 5) is 30.5. The predicted octanol–water partition coefficient (Wildman–Crippen LogP) is 5.99. The maximum atomic E-state index is 12.8. The predicted molar refractivity (Wildman–Crippen MR) is 150 cm³/mol. The van der Waals surface area contributed by atoms with Gasteiger partial charge in [-0.3, -0.25) is 9.59 Å². The van der Waals surface area contributed by atoms with E-state index < -0.39 is 0 Å². The molecule has 0 spiro atoms. The zero-order valence-corrected chi connectivity index (χ0v) is 22.4. The van der Waals surface area contributed by atoms with Crippen LogP contribution < -0.4 is 10.2 Å². The number of nitrogens with zero attached hydrogens (tertiary/aromatic N) is 2. The van der Waals surface area contributed by atoms with Crippen LogP contribution in [0.1, 0.15) is 42.3 Å². The summed E-state index contributed by atoms with van der Waals surface area (Å²) in [5.41, 5.74) is 5.20. The number of nitrogens with one attached hydrogen (secondary N) is 1. The minimum absolute atomic E-state index is 0.0177. The first kappa shape index (κ1) is 25.8. The molecule has 3 aromatic carbocycles. The Morgan fingerprint density at radius 2 is 1.44 bits per heavy atom. The average Bonchev–Trinajstić information content (AvgIpc) is 2.88. The summed E-state index contributed by atoms with van der Waals surface area (Å²) in [5, 5.41) is 2.99. The minimum atomic E-state index is -0.0177. The lowest BCUT2D eigenvalue weighted by Crippen LogP contribution is -2.48. The van der Waals surface area contributed by atoms with Crippen molar-refractivity contribution in [3.8, 4) is 0 Å². The normalized spacial score (nSPS) is 14.0. The number of carbonyl (C=O) groups is 2. The highest BCUT2D eigenvalue weighted by Gasteiger charge is 2.22. The summed E-state index contributed by atoms with van der Waals surface area (Å²) in [6, 6.07) is 24.2. The van der Waals surface area contributed by atoms with Gasteiger partial charge in [-0.2, -0.15) is 0 Å². The third-order valence-electron chi connectivity index (χ3n) is 6.47. The lowest BCUT2D eigenvalue weighted by Gasteiger charge is -2.36. The van der Waals surface area contributed by atoms with Gasteiger partial charge in [0.2, 0.25) is 5.91 Å². The molecular formula is C30H35N3O2S. The first-order valence-electron chi connectivity index (χ1n) is 12.4. The van der Waals surface area contributed by atoms with E-state index in [0.29, 0.717) is 18.8 Å². The molecule has 2 amide bonds. The Hall–Kier alpha value is -3.25. The van der Waals surface area contributed by atoms with Gasteiger partial charge in [0.1, 0.15) is 0 Å². The Labute approximate surface area is 218 Å². The Balaban J connectivity index is 1.24. The van der Waals surface area contributed by atoms with Crippen LogP contribution in [0.5, 0.6) is 0 Å². The van der Waals surface area contributed by atoms with Crippen LogP contribution in [0.25, 0.3) is 0 Å². The van der Waals surface area contributed by atoms with E-state index in [0.717, 1.165) is 40.5 Å². The Kier molecular flexibility index (Phi) is 8.04. The smallest absolute Gasteiger partial charge is 0.253 e. The lowest BCUT2D eigenvalue weighted by molar-refractivity contribution is -0.113. The van der Waals surface area contributed by atoms with E-state index in [1.54, 1.807) is 11.8 Å². The summed E-state index contributed by atoms with van der Waals surface area (Å²) in [7, 11) is 0. The number of thioether (sulfide) groups is 1. The quantitative estimate of drug-likeness (QED) is 0.422. The Morgan fingerprint density at radius 3 is 2.03 bits per heavy atom. The summed E-state index contributed by atoms with van der Waals surface area (Å²) >= 11 is 1.54. The summed E-state index contributed by atoms with van der Waals surface area (Å²) in [6.07, 6.45) is 0. The first-order chi connectivity index (χ1) is 17.2. The van der Waals surface area contributed by atoms with E-state index in [1.807, 2.05) is 60.4 Å². The molecule has 188 valence electrons. The van der Waals surface area contributed by atoms with Crippen molar-refractivity contribution in [1.29, 1.82) is 0 Å². The Bertz CT molecular complexity index is 1170. The van der Waals surface area contributed by atoms with Crippen LogP contribution in [0.15, 0.2) is 77.7 Å². The third kappa shape index (κ3) is 6.70. The van der Waals surface area contributed by atoms with Crippen LogP contribution in [0.3, 0.4) is 0 Å². The van der Waals surface area contributed by atoms with Crippen LogP contribution in [-0.4, -0.2) is 48.6 Å². The topological polar surface area (TPSA) is 52.7 Å². The van der Waals surface area contributed by atoms with Gasteiger partial charge in [-0.1, -0.05) is 50.6 Å². The van der Waals surface area contributed by atoms with Gasteiger partial charge in [0.25, 0.3) is 5.91 Å². The summed E-state index contributed by atoms with van der Waals surface area (Å²) in [5.74, 6) is 0.444. The van der Waals surface area contributed by atoms with Crippen molar-refractivity contribution in [3.63, 3.8) is 0 Å². The SMILES string of the molecule is Cc1ccc(C(=O)N2CCN(c3ccc(NC(=O)CSc4ccc(C(C)(C)C)cc4)cc3)CC2)cc1. The summed E-state index contributed by atoms with van der Waals surface area (Å²) < 4.78 is 0. The van der Waals surface area contributed by atoms with Gasteiger partial charge in [-0.15, -0.1) is 11.8 Å². The molecule has 0 bridgehead atoms. The zero-order chi connectivity index (χ0) is 25.7. The number of amides is 2. The third-order valence-corrected chi connectivity index (χ3v) is 7.48. The van der Waals surface area contributed by atoms with Crippen molar-refractivity contribution in [3.05, 3.63) is 89.5 Å². The van der Waals surface area contributed by atoms with Crippen molar-refractivity contribution in [2.24, 2.45) is 0 Å². The van der Waals surface area contributed by atoms with E-state index in [1.165, 1.54) is 5.56 Å². The number of carbonyl (C=O) groups excluding carboxylic acids is 2. The molecule has 0 saturated carbocycles. The van der Waals surface area contributed by atoms with Crippen LogP contribution in [-0.2, 0) is 10.2 Å². The maximum absolute atomic E-state index is 12.8. The number of benzene rings is 3. The van der Waals surface area contributed by atoms with E-state index >= 15 is 0 Å². The van der Waals surface area contributed by atoms with Crippen LogP contribution in [0, 0.1) is 6.92 Å². The summed E-state index contributed by atoms with van der Waals surface area (Å²) in [6.45, 7) is 11.6. The molecule has 1 aliphatic heterocycles. The van der Waals surface area contributed by atoms with E-state index in [2.05, 4.69) is 55.3 Å². The molecule has 1 aliphatic rings. The van der Waals surface area contributed by atoms with Crippen LogP contribution >= 0.6 is 11.8 Å². The van der Waals surface area contributed by atoms with Gasteiger partial charge >= 0.3 is 0 Å². The van der Waals surface area contributed by atoms with E-state index in [4.69, 9.17) is 0 Å². The molecule has 1 N–H and O–H groups in total. The maximum Gasteiger partial charge on any atom is 0.253 e. The number of hydrogen-bond donors (Lipinski definition) is 1. The van der Waals surface area contributed by atoms with E-state index in [-0.39, 0.29) is 17.2 Å². The highest BCUT2D eigenvalue weighted by molar-refractivity contribution is 8.00. The molecule has 0 aromatic heterocycles. The molecular weight excluding hydrogens is 466 g/mol. The van der Waals surface area contributed by atoms with Gasteiger partial charge in [0, 0.05) is 48.0 Å². The molecule has 0 radical (unpaired) electrons. The molecule has 4 rings (SSSR count). The largest absolute Gasteiger partial charge is 0.368 e. The monoisotopic (exact) mass is 501 g/mol. The van der Waals surface area contributed by atoms with Gasteiger partial charge in [-0.05, 0) is 66.4 Å². The second-order valence-electron chi connectivity index (χ2n) is 10.3. The van der Waals surface area contributed by atoms with Crippen molar-refractivity contribution >= 4 is 35.0 Å². The minimum Gasteiger partial charge on any atom is -0.368 e. The van der Waals surface area contributed by atoms with Gasteiger partial charge in [-0.25, -0.2) is 0 Å². The fraction of sp³-hybridized carbons (Fsp3) is 0.333. The fourth-order valence-corrected chi connectivity index (χ4v) is 4.90. The average molecular weight is 502 g/mol. The fourth-order valence-electron chi connectivity index (χ4n) is 4.20. The van der Waals surface area contributed by atoms with Crippen LogP contribution in [0.2, 0.25) is 0 Å². The lowest BCUT2D eigenvalue weighted by atomic mass is 9.87. The molecule has 0 aliphatic carbocycles. The molecule has 36 heavy (non-hydrogen) atoms. The molecule has 6 heteroatoms. The first-order valence-corrected chi connectivity index (χ1v) is 13.4. The van der Waals surface area contributed by atoms with Crippen molar-refractivity contribution in [2.75, 3.05) is 42.1 Å². The molecule has 1 saturated heterocycles. The van der Waals surface area contributed by atoms with Crippen molar-refractivity contribution in [1.82, 2.24) is 4.90 Å². The molecule has 3 aromatic rings. The van der Waals surface area contributed by atoms with Crippen molar-refractivity contribution < 1.29 is 9.59 Å². The highest BCUT2D eigenvalue weighted by atomic mass is 32.2. The number of hydrogen-bond acceptors (Lipinski definition) is 4. The highest BCUT2D eigenvalue weighted by Crippen LogP contribution is 2.26. The van der Waals surface area contributed by atoms with Crippen molar-refractivity contribution in [2.45, 2.75) is 38.0 Å². The standard InChI is InChI=1S/C30H35N3O2S/c1-22-5-7-23(8-6-22)29(35)33-19-17-32(18-20-33)26-13-11-25(12-14-26)31-28(34)21-36-27-15-9-24(10-16-27)30(2,3)4/h5-16H,17-21H2,1-4H3,(H,31,34). The number of rotatable bonds is 6. The van der Waals surface area contributed by atoms with E-state index in [9.17, 15) is 9.59 Å². The molecule has 1 fully saturated rings. The van der Waals surface area contributed by atoms with Crippen LogP contribution in [0.4, 0.5) is 11.4 Å². The zero-order valence-electron chi connectivity index (χ0n) is 21.6. The van der Waals surface area contributed by atoms with Gasteiger partial charge in [0.15, 0.2) is 0 Å². The second kappa shape index (κ2) is 11.2. The number of piperazine rings is 1. The molecule has 0 atom stereocenters.